The SMILES string of the molecule is OCC(O)C(O)SSC(O)C(O)CO. The van der Waals surface area contributed by atoms with Crippen LogP contribution in [-0.2, 0) is 0 Å². The van der Waals surface area contributed by atoms with Crippen LogP contribution in [0.3, 0.4) is 0 Å². The second-order valence-corrected chi connectivity index (χ2v) is 4.98. The molecule has 0 radical (unpaired) electrons. The van der Waals surface area contributed by atoms with Gasteiger partial charge in [0, 0.05) is 0 Å². The van der Waals surface area contributed by atoms with Gasteiger partial charge in [0.25, 0.3) is 0 Å². The van der Waals surface area contributed by atoms with E-state index in [1.54, 1.807) is 0 Å². The van der Waals surface area contributed by atoms with Gasteiger partial charge in [0.15, 0.2) is 0 Å². The first-order valence-corrected chi connectivity index (χ1v) is 6.06. The Bertz CT molecular complexity index is 132. The Hall–Kier alpha value is 0.460. The fraction of sp³-hybridized carbons (Fsp3) is 1.00. The van der Waals surface area contributed by atoms with E-state index < -0.39 is 36.3 Å². The van der Waals surface area contributed by atoms with Crippen molar-refractivity contribution in [3.05, 3.63) is 0 Å². The summed E-state index contributed by atoms with van der Waals surface area (Å²) >= 11 is 0. The maximum atomic E-state index is 9.10. The van der Waals surface area contributed by atoms with Crippen LogP contribution >= 0.6 is 21.6 Å². The van der Waals surface area contributed by atoms with Gasteiger partial charge in [0.05, 0.1) is 13.2 Å². The maximum absolute atomic E-state index is 9.10. The van der Waals surface area contributed by atoms with E-state index in [1.165, 1.54) is 0 Å². The monoisotopic (exact) mass is 246 g/mol. The minimum atomic E-state index is -1.30. The lowest BCUT2D eigenvalue weighted by molar-refractivity contribution is 0.0272. The molecule has 4 unspecified atom stereocenters. The van der Waals surface area contributed by atoms with Crippen molar-refractivity contribution in [3.63, 3.8) is 0 Å². The van der Waals surface area contributed by atoms with Crippen LogP contribution in [0.4, 0.5) is 0 Å². The zero-order chi connectivity index (χ0) is 11.1. The van der Waals surface area contributed by atoms with Crippen LogP contribution < -0.4 is 0 Å². The van der Waals surface area contributed by atoms with E-state index in [4.69, 9.17) is 30.6 Å². The highest BCUT2D eigenvalue weighted by Gasteiger charge is 2.21. The zero-order valence-electron chi connectivity index (χ0n) is 7.22. The maximum Gasteiger partial charge on any atom is 0.137 e. The fourth-order valence-electron chi connectivity index (χ4n) is 0.422. The Morgan fingerprint density at radius 3 is 1.21 bits per heavy atom. The molecule has 0 rings (SSSR count). The van der Waals surface area contributed by atoms with Gasteiger partial charge in [-0.25, -0.2) is 0 Å². The molecule has 4 atom stereocenters. The average Bonchev–Trinajstić information content (AvgIpc) is 2.22. The molecule has 86 valence electrons. The van der Waals surface area contributed by atoms with Crippen molar-refractivity contribution in [2.75, 3.05) is 13.2 Å². The Balaban J connectivity index is 3.70. The van der Waals surface area contributed by atoms with Gasteiger partial charge >= 0.3 is 0 Å². The Morgan fingerprint density at radius 2 is 1.00 bits per heavy atom. The fourth-order valence-corrected chi connectivity index (χ4v) is 2.53. The van der Waals surface area contributed by atoms with Crippen LogP contribution in [0.5, 0.6) is 0 Å². The first-order chi connectivity index (χ1) is 6.52. The quantitative estimate of drug-likeness (QED) is 0.219. The number of aliphatic hydroxyl groups is 6. The molecular weight excluding hydrogens is 232 g/mol. The number of aliphatic hydroxyl groups excluding tert-OH is 6. The lowest BCUT2D eigenvalue weighted by Gasteiger charge is -2.18. The standard InChI is InChI=1S/C6H14O6S2/c7-1-3(9)5(11)13-14-6(12)4(10)2-8/h3-12H,1-2H2. The summed E-state index contributed by atoms with van der Waals surface area (Å²) in [5.74, 6) is 0. The molecule has 0 saturated carbocycles. The van der Waals surface area contributed by atoms with Crippen molar-refractivity contribution in [3.8, 4) is 0 Å². The van der Waals surface area contributed by atoms with E-state index in [1.807, 2.05) is 0 Å². The van der Waals surface area contributed by atoms with Crippen LogP contribution in [0.2, 0.25) is 0 Å². The predicted octanol–water partition coefficient (Wildman–Crippen LogP) is -2.29. The molecule has 0 amide bonds. The van der Waals surface area contributed by atoms with Crippen LogP contribution in [0.1, 0.15) is 0 Å². The lowest BCUT2D eigenvalue weighted by Crippen LogP contribution is -2.28. The van der Waals surface area contributed by atoms with Crippen LogP contribution in [-0.4, -0.2) is 66.9 Å². The van der Waals surface area contributed by atoms with E-state index in [0.29, 0.717) is 21.6 Å². The van der Waals surface area contributed by atoms with Gasteiger partial charge in [-0.2, -0.15) is 0 Å². The number of hydrogen-bond acceptors (Lipinski definition) is 8. The van der Waals surface area contributed by atoms with E-state index in [9.17, 15) is 0 Å². The predicted molar refractivity (Wildman–Crippen MR) is 53.4 cm³/mol. The molecule has 0 heterocycles. The van der Waals surface area contributed by atoms with Crippen molar-refractivity contribution in [2.24, 2.45) is 0 Å². The van der Waals surface area contributed by atoms with E-state index in [-0.39, 0.29) is 0 Å². The molecule has 0 aromatic heterocycles. The van der Waals surface area contributed by atoms with E-state index in [0.717, 1.165) is 0 Å². The highest BCUT2D eigenvalue weighted by atomic mass is 33.1. The second kappa shape index (κ2) is 7.71. The lowest BCUT2D eigenvalue weighted by atomic mass is 10.4. The molecule has 0 aromatic carbocycles. The Morgan fingerprint density at radius 1 is 0.714 bits per heavy atom. The molecule has 0 aliphatic heterocycles. The normalized spacial score (nSPS) is 20.1. The first kappa shape index (κ1) is 14.5. The second-order valence-electron chi connectivity index (χ2n) is 2.47. The molecule has 0 fully saturated rings. The minimum absolute atomic E-state index is 0.590. The van der Waals surface area contributed by atoms with Crippen molar-refractivity contribution in [1.82, 2.24) is 0 Å². The molecule has 8 heteroatoms. The third kappa shape index (κ3) is 5.37. The summed E-state index contributed by atoms with van der Waals surface area (Å²) in [6.07, 6.45) is -2.60. The van der Waals surface area contributed by atoms with Gasteiger partial charge in [-0.3, -0.25) is 0 Å². The van der Waals surface area contributed by atoms with Gasteiger partial charge in [-0.15, -0.1) is 0 Å². The smallest absolute Gasteiger partial charge is 0.137 e. The highest BCUT2D eigenvalue weighted by molar-refractivity contribution is 8.77. The molecule has 0 saturated heterocycles. The molecule has 0 aliphatic rings. The van der Waals surface area contributed by atoms with Gasteiger partial charge in [0.2, 0.25) is 0 Å². The topological polar surface area (TPSA) is 121 Å². The first-order valence-electron chi connectivity index (χ1n) is 3.79. The Labute approximate surface area is 89.0 Å². The van der Waals surface area contributed by atoms with Gasteiger partial charge in [0.1, 0.15) is 23.1 Å². The third-order valence-electron chi connectivity index (χ3n) is 1.29. The van der Waals surface area contributed by atoms with Crippen molar-refractivity contribution in [1.29, 1.82) is 0 Å². The number of rotatable bonds is 7. The van der Waals surface area contributed by atoms with Crippen LogP contribution in [0, 0.1) is 0 Å². The summed E-state index contributed by atoms with van der Waals surface area (Å²) in [4.78, 5) is 0. The zero-order valence-corrected chi connectivity index (χ0v) is 8.86. The van der Waals surface area contributed by atoms with Gasteiger partial charge in [-0.05, 0) is 0 Å². The molecule has 6 nitrogen and oxygen atoms in total. The number of hydrogen-bond donors (Lipinski definition) is 6. The molecule has 14 heavy (non-hydrogen) atoms. The Kier molecular flexibility index (Phi) is 7.97. The molecule has 0 bridgehead atoms. The molecule has 0 spiro atoms. The highest BCUT2D eigenvalue weighted by Crippen LogP contribution is 2.31. The largest absolute Gasteiger partial charge is 0.394 e. The summed E-state index contributed by atoms with van der Waals surface area (Å²) in [7, 11) is 1.40. The molecule has 0 aliphatic carbocycles. The average molecular weight is 246 g/mol. The summed E-state index contributed by atoms with van der Waals surface area (Å²) < 4.78 is 0. The van der Waals surface area contributed by atoms with Crippen LogP contribution in [0.25, 0.3) is 0 Å². The van der Waals surface area contributed by atoms with E-state index >= 15 is 0 Å². The van der Waals surface area contributed by atoms with Crippen LogP contribution in [0.15, 0.2) is 0 Å². The molecular formula is C6H14O6S2. The summed E-state index contributed by atoms with van der Waals surface area (Å²) in [5.41, 5.74) is -2.52. The summed E-state index contributed by atoms with van der Waals surface area (Å²) in [5, 5.41) is 52.9. The molecule has 6 N–H and O–H groups in total. The van der Waals surface area contributed by atoms with Crippen molar-refractivity contribution < 1.29 is 30.6 Å². The summed E-state index contributed by atoms with van der Waals surface area (Å²) in [6.45, 7) is -1.18. The molecule has 0 aromatic rings. The van der Waals surface area contributed by atoms with Crippen molar-refractivity contribution in [2.45, 2.75) is 23.1 Å². The van der Waals surface area contributed by atoms with Gasteiger partial charge < -0.3 is 30.6 Å². The van der Waals surface area contributed by atoms with Gasteiger partial charge in [-0.1, -0.05) is 21.6 Å². The van der Waals surface area contributed by atoms with E-state index in [2.05, 4.69) is 0 Å². The third-order valence-corrected chi connectivity index (χ3v) is 3.94. The minimum Gasteiger partial charge on any atom is -0.394 e. The summed E-state index contributed by atoms with van der Waals surface area (Å²) in [6, 6.07) is 0. The van der Waals surface area contributed by atoms with Crippen molar-refractivity contribution >= 4 is 21.6 Å².